The molecule has 3 heterocycles. The van der Waals surface area contributed by atoms with Gasteiger partial charge in [-0.3, -0.25) is 0 Å². The van der Waals surface area contributed by atoms with Gasteiger partial charge in [0.25, 0.3) is 0 Å². The molecule has 6 nitrogen and oxygen atoms in total. The molecule has 0 radical (unpaired) electrons. The van der Waals surface area contributed by atoms with Crippen molar-refractivity contribution >= 4 is 11.0 Å². The Labute approximate surface area is 155 Å². The molecule has 0 aliphatic rings. The minimum absolute atomic E-state index is 0.0732. The number of rotatable bonds is 4. The molecule has 0 aliphatic carbocycles. The third-order valence-corrected chi connectivity index (χ3v) is 5.72. The molecular formula is C18H15IN5O-. The summed E-state index contributed by atoms with van der Waals surface area (Å²) in [7, 11) is 1.54. The number of fused-ring (bicyclic) bond motifs is 1. The summed E-state index contributed by atoms with van der Waals surface area (Å²) in [6, 6.07) is 10.7. The first kappa shape index (κ1) is 15.9. The number of pyridine rings is 1. The van der Waals surface area contributed by atoms with Crippen molar-refractivity contribution in [3.8, 4) is 28.7 Å². The predicted octanol–water partition coefficient (Wildman–Crippen LogP) is -0.0211. The second kappa shape index (κ2) is 6.75. The maximum atomic E-state index is 4.97. The van der Waals surface area contributed by atoms with Crippen molar-refractivity contribution in [1.29, 1.82) is 0 Å². The standard InChI is InChI=1S/C18H15IN5O/c1-19-13-4-6-15-16(7-13)24-17(23-15)11-3-5-14(20-8-11)12-9-21-18(25-2)22-10-12/h3-10H,1-2H3,(H,23,24)/q-1. The van der Waals surface area contributed by atoms with E-state index in [0.29, 0.717) is 6.01 Å². The zero-order chi connectivity index (χ0) is 17.2. The van der Waals surface area contributed by atoms with Crippen molar-refractivity contribution in [3.63, 3.8) is 0 Å². The second-order valence-electron chi connectivity index (χ2n) is 5.33. The van der Waals surface area contributed by atoms with Crippen LogP contribution in [0.1, 0.15) is 0 Å². The first-order chi connectivity index (χ1) is 12.3. The van der Waals surface area contributed by atoms with Crippen molar-refractivity contribution in [2.75, 3.05) is 12.0 Å². The fourth-order valence-electron chi connectivity index (χ4n) is 2.49. The Morgan fingerprint density at radius 3 is 2.44 bits per heavy atom. The Kier molecular flexibility index (Phi) is 4.31. The third-order valence-electron chi connectivity index (χ3n) is 3.81. The van der Waals surface area contributed by atoms with E-state index in [4.69, 9.17) is 4.74 Å². The van der Waals surface area contributed by atoms with Gasteiger partial charge in [-0.15, -0.1) is 0 Å². The molecule has 3 aromatic heterocycles. The third kappa shape index (κ3) is 3.19. The maximum absolute atomic E-state index is 4.97. The molecule has 1 aromatic carbocycles. The van der Waals surface area contributed by atoms with E-state index in [0.717, 1.165) is 33.7 Å². The van der Waals surface area contributed by atoms with Crippen LogP contribution in [0.5, 0.6) is 6.01 Å². The Morgan fingerprint density at radius 1 is 0.960 bits per heavy atom. The molecule has 4 rings (SSSR count). The van der Waals surface area contributed by atoms with Crippen molar-refractivity contribution in [2.45, 2.75) is 0 Å². The van der Waals surface area contributed by atoms with E-state index < -0.39 is 0 Å². The topological polar surface area (TPSA) is 76.6 Å². The summed E-state index contributed by atoms with van der Waals surface area (Å²) < 4.78 is 6.37. The zero-order valence-corrected chi connectivity index (χ0v) is 15.9. The van der Waals surface area contributed by atoms with E-state index in [2.05, 4.69) is 48.0 Å². The van der Waals surface area contributed by atoms with Crippen LogP contribution in [0, 0.1) is 3.57 Å². The number of aromatic amines is 1. The molecule has 0 saturated heterocycles. The van der Waals surface area contributed by atoms with Crippen molar-refractivity contribution < 1.29 is 25.9 Å². The molecular weight excluding hydrogens is 429 g/mol. The van der Waals surface area contributed by atoms with Gasteiger partial charge in [-0.05, 0) is 0 Å². The molecule has 0 amide bonds. The molecule has 0 atom stereocenters. The van der Waals surface area contributed by atoms with Gasteiger partial charge in [0.1, 0.15) is 0 Å². The van der Waals surface area contributed by atoms with Gasteiger partial charge < -0.3 is 4.74 Å². The van der Waals surface area contributed by atoms with Gasteiger partial charge in [0.15, 0.2) is 0 Å². The number of benzene rings is 1. The van der Waals surface area contributed by atoms with E-state index in [1.54, 1.807) is 19.5 Å². The number of nitrogens with zero attached hydrogens (tertiary/aromatic N) is 4. The fourth-order valence-corrected chi connectivity index (χ4v) is 3.66. The number of imidazole rings is 1. The van der Waals surface area contributed by atoms with E-state index in [9.17, 15) is 0 Å². The minimum atomic E-state index is 0.0732. The van der Waals surface area contributed by atoms with E-state index in [-0.39, 0.29) is 21.2 Å². The summed E-state index contributed by atoms with van der Waals surface area (Å²) in [5.41, 5.74) is 4.64. The Bertz CT molecular complexity index is 1010. The van der Waals surface area contributed by atoms with Gasteiger partial charge in [-0.2, -0.15) is 0 Å². The normalized spacial score (nSPS) is 11.1. The number of aromatic nitrogens is 5. The summed E-state index contributed by atoms with van der Waals surface area (Å²) >= 11 is 0.0732. The second-order valence-corrected chi connectivity index (χ2v) is 7.65. The number of ether oxygens (including phenoxy) is 1. The molecule has 126 valence electrons. The summed E-state index contributed by atoms with van der Waals surface area (Å²) in [5, 5.41) is 0. The van der Waals surface area contributed by atoms with Gasteiger partial charge >= 0.3 is 143 Å². The van der Waals surface area contributed by atoms with Crippen LogP contribution in [0.15, 0.2) is 48.9 Å². The number of alkyl halides is 1. The molecule has 0 fully saturated rings. The van der Waals surface area contributed by atoms with Gasteiger partial charge in [0, 0.05) is 0 Å². The van der Waals surface area contributed by atoms with Crippen molar-refractivity contribution in [2.24, 2.45) is 0 Å². The molecule has 0 bridgehead atoms. The quantitative estimate of drug-likeness (QED) is 0.354. The first-order valence-corrected chi connectivity index (χ1v) is 10.8. The number of nitrogens with one attached hydrogen (secondary N) is 1. The molecule has 0 aliphatic heterocycles. The van der Waals surface area contributed by atoms with Crippen LogP contribution in [0.25, 0.3) is 33.7 Å². The van der Waals surface area contributed by atoms with Crippen LogP contribution in [0.3, 0.4) is 0 Å². The van der Waals surface area contributed by atoms with Crippen LogP contribution in [-0.4, -0.2) is 37.0 Å². The van der Waals surface area contributed by atoms with E-state index in [1.807, 2.05) is 18.3 Å². The number of methoxy groups -OCH3 is 1. The van der Waals surface area contributed by atoms with Crippen LogP contribution in [0.2, 0.25) is 0 Å². The molecule has 0 saturated carbocycles. The monoisotopic (exact) mass is 444 g/mol. The Morgan fingerprint density at radius 2 is 1.76 bits per heavy atom. The predicted molar refractivity (Wildman–Crippen MR) is 91.5 cm³/mol. The summed E-state index contributed by atoms with van der Waals surface area (Å²) in [4.78, 5) is 23.0. The number of H-pyrrole nitrogens is 1. The zero-order valence-electron chi connectivity index (χ0n) is 13.7. The molecule has 0 spiro atoms. The van der Waals surface area contributed by atoms with Gasteiger partial charge in [0.05, 0.1) is 7.11 Å². The molecule has 1 N–H and O–H groups in total. The summed E-state index contributed by atoms with van der Waals surface area (Å²) in [5.74, 6) is 0.825. The number of hydrogen-bond acceptors (Lipinski definition) is 5. The molecule has 4 aromatic rings. The summed E-state index contributed by atoms with van der Waals surface area (Å²) in [6.45, 7) is 0. The van der Waals surface area contributed by atoms with Gasteiger partial charge in [0.2, 0.25) is 0 Å². The first-order valence-electron chi connectivity index (χ1n) is 7.59. The average molecular weight is 444 g/mol. The van der Waals surface area contributed by atoms with Crippen LogP contribution >= 0.6 is 0 Å². The SMILES string of the molecule is COc1ncc(-c2ccc(-c3nc4ccc([I-]C)cc4[nH]3)cn2)cn1. The van der Waals surface area contributed by atoms with Crippen LogP contribution < -0.4 is 25.9 Å². The molecule has 7 heteroatoms. The summed E-state index contributed by atoms with van der Waals surface area (Å²) in [6.07, 6.45) is 5.21. The Balaban J connectivity index is 1.65. The van der Waals surface area contributed by atoms with E-state index in [1.165, 1.54) is 3.57 Å². The van der Waals surface area contributed by atoms with Gasteiger partial charge in [-0.25, -0.2) is 0 Å². The van der Waals surface area contributed by atoms with Crippen molar-refractivity contribution in [1.82, 2.24) is 24.9 Å². The molecule has 0 unspecified atom stereocenters. The van der Waals surface area contributed by atoms with Crippen molar-refractivity contribution in [3.05, 3.63) is 52.5 Å². The van der Waals surface area contributed by atoms with Crippen LogP contribution in [0.4, 0.5) is 0 Å². The molecule has 25 heavy (non-hydrogen) atoms. The van der Waals surface area contributed by atoms with Crippen LogP contribution in [-0.2, 0) is 0 Å². The Hall–Kier alpha value is -2.55. The number of hydrogen-bond donors (Lipinski definition) is 1. The van der Waals surface area contributed by atoms with E-state index >= 15 is 0 Å². The van der Waals surface area contributed by atoms with Gasteiger partial charge in [-0.1, -0.05) is 0 Å². The number of halogens is 1. The fraction of sp³-hybridized carbons (Fsp3) is 0.111. The average Bonchev–Trinajstić information content (AvgIpc) is 3.11.